The summed E-state index contributed by atoms with van der Waals surface area (Å²) >= 11 is 0. The summed E-state index contributed by atoms with van der Waals surface area (Å²) in [6.45, 7) is 8.04. The highest BCUT2D eigenvalue weighted by molar-refractivity contribution is 7.89. The third-order valence-corrected chi connectivity index (χ3v) is 8.91. The van der Waals surface area contributed by atoms with Crippen LogP contribution in [0.5, 0.6) is 5.88 Å². The van der Waals surface area contributed by atoms with Gasteiger partial charge < -0.3 is 19.3 Å². The molecule has 10 nitrogen and oxygen atoms in total. The lowest BCUT2D eigenvalue weighted by Gasteiger charge is -2.34. The molecule has 2 aliphatic heterocycles. The summed E-state index contributed by atoms with van der Waals surface area (Å²) in [7, 11) is -3.17. The maximum absolute atomic E-state index is 12.4. The van der Waals surface area contributed by atoms with Gasteiger partial charge in [-0.15, -0.1) is 0 Å². The number of hydrogen-bond donors (Lipinski definition) is 0. The van der Waals surface area contributed by atoms with Crippen molar-refractivity contribution < 1.29 is 22.7 Å². The number of likely N-dealkylation sites (tertiary alicyclic amines) is 1. The smallest absolute Gasteiger partial charge is 0.410 e. The van der Waals surface area contributed by atoms with Crippen LogP contribution >= 0.6 is 0 Å². The summed E-state index contributed by atoms with van der Waals surface area (Å²) in [6.07, 6.45) is 8.36. The first-order valence-electron chi connectivity index (χ1n) is 12.4. The van der Waals surface area contributed by atoms with E-state index in [2.05, 4.69) is 14.9 Å². The predicted octanol–water partition coefficient (Wildman–Crippen LogP) is 2.51. The van der Waals surface area contributed by atoms with Gasteiger partial charge in [0, 0.05) is 39.3 Å². The monoisotopic (exact) mass is 495 g/mol. The van der Waals surface area contributed by atoms with Gasteiger partial charge in [-0.1, -0.05) is 13.3 Å². The number of rotatable bonds is 9. The number of sulfonamides is 1. The fourth-order valence-corrected chi connectivity index (χ4v) is 5.87. The van der Waals surface area contributed by atoms with Gasteiger partial charge in [0.1, 0.15) is 11.4 Å². The Morgan fingerprint density at radius 1 is 1.09 bits per heavy atom. The van der Waals surface area contributed by atoms with E-state index in [1.165, 1.54) is 0 Å². The molecule has 11 heteroatoms. The molecule has 1 aliphatic carbocycles. The SMILES string of the molecule is CCCCS(=O)(=O)N1CCN(c2cnc(OCC3CCN(C(=O)OC4(C)CC4)CC3)cn2)CC1. The number of piperazine rings is 1. The van der Waals surface area contributed by atoms with Crippen molar-refractivity contribution in [2.45, 2.75) is 58.0 Å². The number of amides is 1. The second-order valence-corrected chi connectivity index (χ2v) is 11.9. The summed E-state index contributed by atoms with van der Waals surface area (Å²) in [6, 6.07) is 0. The third kappa shape index (κ3) is 6.50. The zero-order valence-electron chi connectivity index (χ0n) is 20.3. The number of piperidine rings is 1. The molecule has 0 aromatic carbocycles. The molecule has 1 aromatic rings. The van der Waals surface area contributed by atoms with E-state index in [1.807, 2.05) is 13.8 Å². The molecule has 1 amide bonds. The third-order valence-electron chi connectivity index (χ3n) is 6.95. The fourth-order valence-electron chi connectivity index (χ4n) is 4.24. The van der Waals surface area contributed by atoms with Crippen molar-refractivity contribution in [3.8, 4) is 5.88 Å². The molecule has 3 aliphatic rings. The Kier molecular flexibility index (Phi) is 7.81. The number of nitrogens with zero attached hydrogens (tertiary/aromatic N) is 5. The van der Waals surface area contributed by atoms with Crippen LogP contribution in [0, 0.1) is 5.92 Å². The molecule has 0 radical (unpaired) electrons. The molecule has 0 N–H and O–H groups in total. The summed E-state index contributed by atoms with van der Waals surface area (Å²) in [5, 5.41) is 0. The van der Waals surface area contributed by atoms with Crippen molar-refractivity contribution in [3.63, 3.8) is 0 Å². The number of aromatic nitrogens is 2. The maximum Gasteiger partial charge on any atom is 0.410 e. The van der Waals surface area contributed by atoms with E-state index in [1.54, 1.807) is 21.6 Å². The van der Waals surface area contributed by atoms with E-state index in [-0.39, 0.29) is 17.4 Å². The van der Waals surface area contributed by atoms with Crippen molar-refractivity contribution in [2.24, 2.45) is 5.92 Å². The number of carbonyl (C=O) groups is 1. The Hall–Kier alpha value is -2.14. The zero-order valence-corrected chi connectivity index (χ0v) is 21.1. The molecule has 1 saturated carbocycles. The first-order valence-corrected chi connectivity index (χ1v) is 14.0. The van der Waals surface area contributed by atoms with Gasteiger partial charge in [-0.2, -0.15) is 4.31 Å². The van der Waals surface area contributed by atoms with Crippen LogP contribution in [0.15, 0.2) is 12.4 Å². The normalized spacial score (nSPS) is 21.4. The van der Waals surface area contributed by atoms with Crippen molar-refractivity contribution >= 4 is 21.9 Å². The fraction of sp³-hybridized carbons (Fsp3) is 0.783. The number of hydrogen-bond acceptors (Lipinski definition) is 8. The standard InChI is InChI=1S/C23H37N5O5S/c1-3-4-15-34(30,31)28-13-11-26(12-14-28)20-16-25-21(17-24-20)32-18-19-5-9-27(10-6-19)22(29)33-23(2)7-8-23/h16-17,19H,3-15,18H2,1-2H3. The lowest BCUT2D eigenvalue weighted by molar-refractivity contribution is 0.0454. The minimum absolute atomic E-state index is 0.194. The first-order chi connectivity index (χ1) is 16.3. The second kappa shape index (κ2) is 10.6. The van der Waals surface area contributed by atoms with E-state index >= 15 is 0 Å². The van der Waals surface area contributed by atoms with Crippen LogP contribution < -0.4 is 9.64 Å². The molecule has 2 saturated heterocycles. The Balaban J connectivity index is 1.17. The van der Waals surface area contributed by atoms with Gasteiger partial charge in [0.25, 0.3) is 0 Å². The summed E-state index contributed by atoms with van der Waals surface area (Å²) in [5.74, 6) is 1.80. The van der Waals surface area contributed by atoms with Gasteiger partial charge in [-0.25, -0.2) is 23.2 Å². The molecule has 3 heterocycles. The molecule has 34 heavy (non-hydrogen) atoms. The van der Waals surface area contributed by atoms with Gasteiger partial charge in [-0.05, 0) is 44.9 Å². The van der Waals surface area contributed by atoms with Gasteiger partial charge in [0.05, 0.1) is 24.8 Å². The molecule has 0 atom stereocenters. The van der Waals surface area contributed by atoms with E-state index in [0.717, 1.165) is 37.9 Å². The van der Waals surface area contributed by atoms with E-state index in [0.29, 0.717) is 64.1 Å². The molecule has 4 rings (SSSR count). The van der Waals surface area contributed by atoms with Crippen LogP contribution in [-0.4, -0.2) is 90.9 Å². The van der Waals surface area contributed by atoms with Crippen molar-refractivity contribution in [1.29, 1.82) is 0 Å². The average molecular weight is 496 g/mol. The lowest BCUT2D eigenvalue weighted by atomic mass is 9.98. The Morgan fingerprint density at radius 3 is 2.38 bits per heavy atom. The quantitative estimate of drug-likeness (QED) is 0.515. The topological polar surface area (TPSA) is 105 Å². The molecular formula is C23H37N5O5S. The minimum Gasteiger partial charge on any atom is -0.476 e. The molecule has 1 aromatic heterocycles. The lowest BCUT2D eigenvalue weighted by Crippen LogP contribution is -2.49. The van der Waals surface area contributed by atoms with Crippen molar-refractivity contribution in [3.05, 3.63) is 12.4 Å². The van der Waals surface area contributed by atoms with Crippen LogP contribution in [0.3, 0.4) is 0 Å². The summed E-state index contributed by atoms with van der Waals surface area (Å²) in [4.78, 5) is 25.0. The van der Waals surface area contributed by atoms with E-state index in [4.69, 9.17) is 9.47 Å². The van der Waals surface area contributed by atoms with Gasteiger partial charge >= 0.3 is 6.09 Å². The van der Waals surface area contributed by atoms with Crippen LogP contribution in [0.4, 0.5) is 10.6 Å². The van der Waals surface area contributed by atoms with Crippen LogP contribution in [0.2, 0.25) is 0 Å². The largest absolute Gasteiger partial charge is 0.476 e. The maximum atomic E-state index is 12.4. The van der Waals surface area contributed by atoms with Gasteiger partial charge in [0.15, 0.2) is 0 Å². The number of anilines is 1. The van der Waals surface area contributed by atoms with Crippen molar-refractivity contribution in [2.75, 3.05) is 56.5 Å². The Bertz CT molecular complexity index is 922. The van der Waals surface area contributed by atoms with Gasteiger partial charge in [0.2, 0.25) is 15.9 Å². The first kappa shape index (κ1) is 25.0. The highest BCUT2D eigenvalue weighted by Crippen LogP contribution is 2.39. The minimum atomic E-state index is -3.17. The number of carbonyl (C=O) groups excluding carboxylic acids is 1. The van der Waals surface area contributed by atoms with Crippen LogP contribution in [0.25, 0.3) is 0 Å². The van der Waals surface area contributed by atoms with E-state index in [9.17, 15) is 13.2 Å². The molecule has 0 spiro atoms. The average Bonchev–Trinajstić information content (AvgIpc) is 3.58. The Morgan fingerprint density at radius 2 is 1.79 bits per heavy atom. The second-order valence-electron chi connectivity index (χ2n) is 9.83. The molecule has 190 valence electrons. The molecule has 0 bridgehead atoms. The molecular weight excluding hydrogens is 458 g/mol. The van der Waals surface area contributed by atoms with Crippen LogP contribution in [0.1, 0.15) is 52.4 Å². The Labute approximate surface area is 202 Å². The molecule has 0 unspecified atom stereocenters. The molecule has 3 fully saturated rings. The number of ether oxygens (including phenoxy) is 2. The highest BCUT2D eigenvalue weighted by atomic mass is 32.2. The summed E-state index contributed by atoms with van der Waals surface area (Å²) < 4.78 is 37.8. The van der Waals surface area contributed by atoms with E-state index < -0.39 is 10.0 Å². The zero-order chi connectivity index (χ0) is 24.2. The van der Waals surface area contributed by atoms with Gasteiger partial charge in [-0.3, -0.25) is 0 Å². The highest BCUT2D eigenvalue weighted by Gasteiger charge is 2.43. The predicted molar refractivity (Wildman–Crippen MR) is 128 cm³/mol. The number of unbranched alkanes of at least 4 members (excludes halogenated alkanes) is 1. The summed E-state index contributed by atoms with van der Waals surface area (Å²) in [5.41, 5.74) is -0.234. The van der Waals surface area contributed by atoms with Crippen molar-refractivity contribution in [1.82, 2.24) is 19.2 Å². The van der Waals surface area contributed by atoms with Crippen LogP contribution in [-0.2, 0) is 14.8 Å².